The van der Waals surface area contributed by atoms with Crippen molar-refractivity contribution < 1.29 is 4.74 Å². The molecule has 34 heavy (non-hydrogen) atoms. The van der Waals surface area contributed by atoms with E-state index in [9.17, 15) is 0 Å². The van der Waals surface area contributed by atoms with E-state index < -0.39 is 0 Å². The number of nitrogen functional groups attached to an aromatic ring is 1. The van der Waals surface area contributed by atoms with Crippen molar-refractivity contribution >= 4 is 22.8 Å². The Kier molecular flexibility index (Phi) is 5.73. The van der Waals surface area contributed by atoms with E-state index in [0.29, 0.717) is 12.5 Å². The number of aryl methyl sites for hydroxylation is 2. The maximum Gasteiger partial charge on any atom is 0.221 e. The van der Waals surface area contributed by atoms with Gasteiger partial charge in [0.2, 0.25) is 11.5 Å². The minimum absolute atomic E-state index is 0.289. The van der Waals surface area contributed by atoms with Gasteiger partial charge in [0.1, 0.15) is 0 Å². The molecule has 1 aliphatic rings. The fourth-order valence-corrected chi connectivity index (χ4v) is 4.72. The fourth-order valence-electron chi connectivity index (χ4n) is 4.72. The highest BCUT2D eigenvalue weighted by Gasteiger charge is 2.34. The summed E-state index contributed by atoms with van der Waals surface area (Å²) < 4.78 is 10.4. The summed E-state index contributed by atoms with van der Waals surface area (Å²) >= 11 is 0. The minimum atomic E-state index is 0.289. The van der Waals surface area contributed by atoms with Crippen molar-refractivity contribution in [3.05, 3.63) is 60.0 Å². The van der Waals surface area contributed by atoms with E-state index in [-0.39, 0.29) is 6.04 Å². The fraction of sp³-hybridized carbons (Fsp3) is 0.346. The van der Waals surface area contributed by atoms with Gasteiger partial charge in [0, 0.05) is 37.9 Å². The van der Waals surface area contributed by atoms with Crippen LogP contribution in [0.5, 0.6) is 5.88 Å². The van der Waals surface area contributed by atoms with Gasteiger partial charge in [-0.3, -0.25) is 9.98 Å². The normalized spacial score (nSPS) is 15.1. The first-order valence-electron chi connectivity index (χ1n) is 11.7. The second kappa shape index (κ2) is 8.85. The number of rotatable bonds is 8. The molecule has 3 N–H and O–H groups in total. The summed E-state index contributed by atoms with van der Waals surface area (Å²) in [5.74, 6) is 1.34. The van der Waals surface area contributed by atoms with Crippen LogP contribution in [0.4, 0.5) is 5.69 Å². The maximum atomic E-state index is 6.35. The molecule has 176 valence electrons. The molecule has 4 aromatic rings. The van der Waals surface area contributed by atoms with Crippen molar-refractivity contribution in [2.75, 3.05) is 19.4 Å². The Morgan fingerprint density at radius 2 is 2.15 bits per heavy atom. The van der Waals surface area contributed by atoms with Gasteiger partial charge in [-0.05, 0) is 61.6 Å². The number of H-pyrrole nitrogens is 1. The first-order valence-corrected chi connectivity index (χ1v) is 11.7. The molecule has 8 nitrogen and oxygen atoms in total. The van der Waals surface area contributed by atoms with Crippen LogP contribution in [-0.4, -0.2) is 38.0 Å². The van der Waals surface area contributed by atoms with E-state index in [1.165, 1.54) is 12.8 Å². The Bertz CT molecular complexity index is 1420. The largest absolute Gasteiger partial charge is 0.477 e. The number of aromatic nitrogens is 5. The second-order valence-corrected chi connectivity index (χ2v) is 8.98. The van der Waals surface area contributed by atoms with Crippen LogP contribution in [0.1, 0.15) is 36.6 Å². The van der Waals surface area contributed by atoms with E-state index in [2.05, 4.69) is 32.3 Å². The van der Waals surface area contributed by atoms with Crippen molar-refractivity contribution in [3.8, 4) is 17.1 Å². The topological polar surface area (TPSA) is 99.0 Å². The number of benzene rings is 1. The molecule has 1 aliphatic carbocycles. The van der Waals surface area contributed by atoms with Crippen molar-refractivity contribution in [1.82, 2.24) is 24.3 Å². The number of pyridine rings is 1. The molecule has 0 aliphatic heterocycles. The summed E-state index contributed by atoms with van der Waals surface area (Å²) in [4.78, 5) is 12.6. The van der Waals surface area contributed by atoms with Crippen molar-refractivity contribution in [2.24, 2.45) is 18.0 Å². The standard InChI is InChI=1S/C26H31N7O/c1-5-17-12-16(2)30-21(13-17)20-15-29-32(4)25(20)34-11-10-23(18-6-7-18)33-24-9-8-19(27)14-22(24)31-26(33)28-3/h5,8-9,12-15,18,23H,1,6-7,10-11,27H2,2-4H3,(H,28,31). The van der Waals surface area contributed by atoms with E-state index in [0.717, 1.165) is 57.2 Å². The van der Waals surface area contributed by atoms with Gasteiger partial charge in [0.15, 0.2) is 0 Å². The highest BCUT2D eigenvalue weighted by molar-refractivity contribution is 5.79. The summed E-state index contributed by atoms with van der Waals surface area (Å²) in [6, 6.07) is 10.3. The van der Waals surface area contributed by atoms with E-state index in [4.69, 9.17) is 15.5 Å². The first kappa shape index (κ1) is 22.0. The van der Waals surface area contributed by atoms with Crippen molar-refractivity contribution in [1.29, 1.82) is 0 Å². The lowest BCUT2D eigenvalue weighted by molar-refractivity contribution is 0.249. The molecule has 1 aromatic carbocycles. The molecule has 1 unspecified atom stereocenters. The second-order valence-electron chi connectivity index (χ2n) is 8.98. The molecule has 8 heteroatoms. The van der Waals surface area contributed by atoms with Crippen molar-refractivity contribution in [2.45, 2.75) is 32.2 Å². The number of hydrogen-bond donors (Lipinski definition) is 2. The molecule has 0 saturated heterocycles. The van der Waals surface area contributed by atoms with Crippen LogP contribution in [-0.2, 0) is 7.05 Å². The molecule has 0 bridgehead atoms. The number of fused-ring (bicyclic) bond motifs is 1. The van der Waals surface area contributed by atoms with Gasteiger partial charge in [-0.15, -0.1) is 0 Å². The zero-order chi connectivity index (χ0) is 23.8. The third-order valence-electron chi connectivity index (χ3n) is 6.49. The number of hydrogen-bond acceptors (Lipinski definition) is 5. The van der Waals surface area contributed by atoms with Gasteiger partial charge in [0.05, 0.1) is 35.1 Å². The summed E-state index contributed by atoms with van der Waals surface area (Å²) in [5, 5.41) is 4.44. The number of nitrogens with one attached hydrogen (secondary N) is 1. The summed E-state index contributed by atoms with van der Waals surface area (Å²) in [6.07, 6.45) is 6.94. The van der Waals surface area contributed by atoms with Gasteiger partial charge in [0.25, 0.3) is 0 Å². The third-order valence-corrected chi connectivity index (χ3v) is 6.49. The monoisotopic (exact) mass is 457 g/mol. The van der Waals surface area contributed by atoms with Crippen LogP contribution in [0.15, 0.2) is 48.1 Å². The van der Waals surface area contributed by atoms with Crippen LogP contribution in [0.25, 0.3) is 28.4 Å². The predicted octanol–water partition coefficient (Wildman–Crippen LogP) is 4.25. The van der Waals surface area contributed by atoms with Crippen molar-refractivity contribution in [3.63, 3.8) is 0 Å². The van der Waals surface area contributed by atoms with Crippen LogP contribution in [0.2, 0.25) is 0 Å². The molecule has 0 radical (unpaired) electrons. The van der Waals surface area contributed by atoms with Gasteiger partial charge >= 0.3 is 0 Å². The lowest BCUT2D eigenvalue weighted by Gasteiger charge is -2.20. The lowest BCUT2D eigenvalue weighted by atomic mass is 10.1. The molecule has 5 rings (SSSR count). The van der Waals surface area contributed by atoms with E-state index in [1.807, 2.05) is 57.6 Å². The number of nitrogens with zero attached hydrogens (tertiary/aromatic N) is 5. The maximum absolute atomic E-state index is 6.35. The summed E-state index contributed by atoms with van der Waals surface area (Å²) in [5.41, 5.74) is 13.4. The average Bonchev–Trinajstić information content (AvgIpc) is 3.51. The Morgan fingerprint density at radius 1 is 1.32 bits per heavy atom. The summed E-state index contributed by atoms with van der Waals surface area (Å²) in [6.45, 7) is 6.43. The Balaban J connectivity index is 1.41. The number of ether oxygens (including phenoxy) is 1. The molecule has 1 saturated carbocycles. The molecular weight excluding hydrogens is 426 g/mol. The zero-order valence-electron chi connectivity index (χ0n) is 20.0. The Morgan fingerprint density at radius 3 is 2.88 bits per heavy atom. The van der Waals surface area contributed by atoms with E-state index >= 15 is 0 Å². The number of imidazole rings is 1. The highest BCUT2D eigenvalue weighted by Crippen LogP contribution is 2.42. The lowest BCUT2D eigenvalue weighted by Crippen LogP contribution is -2.26. The zero-order valence-corrected chi connectivity index (χ0v) is 20.0. The molecule has 1 atom stereocenters. The Hall–Kier alpha value is -3.81. The van der Waals surface area contributed by atoms with Crippen LogP contribution in [0.3, 0.4) is 0 Å². The van der Waals surface area contributed by atoms with Crippen LogP contribution in [0, 0.1) is 12.8 Å². The third kappa shape index (κ3) is 4.11. The van der Waals surface area contributed by atoms with Gasteiger partial charge in [-0.25, -0.2) is 4.68 Å². The molecule has 1 fully saturated rings. The van der Waals surface area contributed by atoms with Gasteiger partial charge in [-0.1, -0.05) is 12.7 Å². The van der Waals surface area contributed by atoms with Crippen LogP contribution < -0.4 is 16.1 Å². The first-order chi connectivity index (χ1) is 16.5. The highest BCUT2D eigenvalue weighted by atomic mass is 16.5. The quantitative estimate of drug-likeness (QED) is 0.386. The predicted molar refractivity (Wildman–Crippen MR) is 135 cm³/mol. The number of anilines is 1. The smallest absolute Gasteiger partial charge is 0.221 e. The molecule has 0 spiro atoms. The molecule has 0 amide bonds. The van der Waals surface area contributed by atoms with Gasteiger partial charge < -0.3 is 20.0 Å². The Labute approximate surface area is 198 Å². The summed E-state index contributed by atoms with van der Waals surface area (Å²) in [7, 11) is 3.72. The molecule has 3 heterocycles. The van der Waals surface area contributed by atoms with Crippen LogP contribution >= 0.6 is 0 Å². The molecular formula is C26H31N7O. The molecule has 3 aromatic heterocycles. The average molecular weight is 458 g/mol. The minimum Gasteiger partial charge on any atom is -0.477 e. The number of aromatic amines is 1. The van der Waals surface area contributed by atoms with Gasteiger partial charge in [-0.2, -0.15) is 5.10 Å². The number of nitrogens with two attached hydrogens (primary N) is 1. The van der Waals surface area contributed by atoms with E-state index in [1.54, 1.807) is 4.68 Å². The SMILES string of the molecule is C=Cc1cc(C)nc(-c2cnn(C)c2OCCC(C2CC2)n2/c(=N/C)[nH]c3cc(N)ccc32)c1.